The normalized spacial score (nSPS) is 13.0. The van der Waals surface area contributed by atoms with Gasteiger partial charge in [0.05, 0.1) is 17.7 Å². The maximum atomic E-state index is 12.4. The van der Waals surface area contributed by atoms with Crippen LogP contribution in [0.4, 0.5) is 0 Å². The van der Waals surface area contributed by atoms with Crippen molar-refractivity contribution in [3.63, 3.8) is 0 Å². The lowest BCUT2D eigenvalue weighted by atomic mass is 10.1. The van der Waals surface area contributed by atoms with Crippen LogP contribution in [0.3, 0.4) is 0 Å². The molecule has 1 aromatic carbocycles. The summed E-state index contributed by atoms with van der Waals surface area (Å²) in [5.74, 6) is 0.423. The Kier molecular flexibility index (Phi) is 7.64. The number of rotatable bonds is 9. The van der Waals surface area contributed by atoms with Gasteiger partial charge in [0, 0.05) is 6.54 Å². The number of carbonyl (C=O) groups excluding carboxylic acids is 1. The zero-order chi connectivity index (χ0) is 18.9. The summed E-state index contributed by atoms with van der Waals surface area (Å²) in [6, 6.07) is 11.1. The van der Waals surface area contributed by atoms with Gasteiger partial charge in [-0.25, -0.2) is 0 Å². The molecule has 2 atom stereocenters. The molecule has 6 heteroatoms. The molecule has 0 bridgehead atoms. The molecule has 1 N–H and O–H groups in total. The van der Waals surface area contributed by atoms with Crippen molar-refractivity contribution in [1.29, 1.82) is 5.26 Å². The van der Waals surface area contributed by atoms with E-state index in [2.05, 4.69) is 47.0 Å². The van der Waals surface area contributed by atoms with E-state index in [1.54, 1.807) is 42.5 Å². The number of nitrogens with one attached hydrogen (secondary N) is 1. The van der Waals surface area contributed by atoms with Gasteiger partial charge in [-0.05, 0) is 66.7 Å². The van der Waals surface area contributed by atoms with Gasteiger partial charge in [-0.3, -0.25) is 9.69 Å². The van der Waals surface area contributed by atoms with Gasteiger partial charge < -0.3 is 10.1 Å². The van der Waals surface area contributed by atoms with Gasteiger partial charge in [-0.1, -0.05) is 13.8 Å². The van der Waals surface area contributed by atoms with Crippen LogP contribution in [0.2, 0.25) is 0 Å². The third-order valence-corrected chi connectivity index (χ3v) is 5.02. The minimum Gasteiger partial charge on any atom is -0.481 e. The van der Waals surface area contributed by atoms with E-state index in [0.717, 1.165) is 13.1 Å². The maximum Gasteiger partial charge on any atom is 0.260 e. The lowest BCUT2D eigenvalue weighted by Crippen LogP contribution is -2.42. The molecular formula is C20H25N3O2S. The highest BCUT2D eigenvalue weighted by molar-refractivity contribution is 7.07. The van der Waals surface area contributed by atoms with Crippen LogP contribution in [-0.2, 0) is 4.79 Å². The fourth-order valence-corrected chi connectivity index (χ4v) is 3.50. The van der Waals surface area contributed by atoms with E-state index in [-0.39, 0.29) is 11.9 Å². The van der Waals surface area contributed by atoms with Gasteiger partial charge in [0.25, 0.3) is 5.91 Å². The molecule has 5 nitrogen and oxygen atoms in total. The number of hydrogen-bond donors (Lipinski definition) is 1. The Hall–Kier alpha value is -2.36. The Morgan fingerprint density at radius 3 is 2.50 bits per heavy atom. The van der Waals surface area contributed by atoms with Gasteiger partial charge >= 0.3 is 0 Å². The Labute approximate surface area is 159 Å². The number of nitriles is 1. The molecule has 0 radical (unpaired) electrons. The summed E-state index contributed by atoms with van der Waals surface area (Å²) >= 11 is 1.66. The molecule has 2 unspecified atom stereocenters. The van der Waals surface area contributed by atoms with Gasteiger partial charge in [0.2, 0.25) is 0 Å². The van der Waals surface area contributed by atoms with E-state index in [4.69, 9.17) is 10.00 Å². The molecule has 1 amide bonds. The highest BCUT2D eigenvalue weighted by Crippen LogP contribution is 2.22. The average molecular weight is 372 g/mol. The fraction of sp³-hybridized carbons (Fsp3) is 0.400. The molecule has 138 valence electrons. The molecule has 0 saturated heterocycles. The second kappa shape index (κ2) is 9.95. The third kappa shape index (κ3) is 5.32. The molecule has 26 heavy (non-hydrogen) atoms. The van der Waals surface area contributed by atoms with E-state index in [1.165, 1.54) is 5.56 Å². The van der Waals surface area contributed by atoms with Crippen LogP contribution in [-0.4, -0.2) is 36.5 Å². The maximum absolute atomic E-state index is 12.4. The summed E-state index contributed by atoms with van der Waals surface area (Å²) in [6.07, 6.45) is -0.609. The topological polar surface area (TPSA) is 65.4 Å². The second-order valence-electron chi connectivity index (χ2n) is 5.94. The number of thiophene rings is 1. The molecule has 0 saturated carbocycles. The lowest BCUT2D eigenvalue weighted by Gasteiger charge is -2.30. The van der Waals surface area contributed by atoms with E-state index >= 15 is 0 Å². The zero-order valence-electron chi connectivity index (χ0n) is 15.4. The largest absolute Gasteiger partial charge is 0.481 e. The number of amides is 1. The smallest absolute Gasteiger partial charge is 0.260 e. The lowest BCUT2D eigenvalue weighted by molar-refractivity contribution is -0.127. The standard InChI is InChI=1S/C20H25N3O2S/c1-4-23(5-2)19(17-10-11-26-14-17)13-22-20(24)15(3)25-18-8-6-16(12-21)7-9-18/h6-11,14-15,19H,4-5,13H2,1-3H3,(H,22,24). The summed E-state index contributed by atoms with van der Waals surface area (Å²) in [5, 5.41) is 16.0. The minimum absolute atomic E-state index is 0.151. The summed E-state index contributed by atoms with van der Waals surface area (Å²) in [6.45, 7) is 8.36. The van der Waals surface area contributed by atoms with Crippen LogP contribution in [0.15, 0.2) is 41.1 Å². The molecule has 2 aromatic rings. The second-order valence-corrected chi connectivity index (χ2v) is 6.72. The molecule has 0 spiro atoms. The van der Waals surface area contributed by atoms with Gasteiger partial charge in [0.15, 0.2) is 6.10 Å². The molecule has 0 aliphatic carbocycles. The first-order valence-electron chi connectivity index (χ1n) is 8.79. The van der Waals surface area contributed by atoms with Crippen LogP contribution in [0.25, 0.3) is 0 Å². The number of likely N-dealkylation sites (N-methyl/N-ethyl adjacent to an activating group) is 1. The van der Waals surface area contributed by atoms with Gasteiger partial charge in [-0.15, -0.1) is 0 Å². The average Bonchev–Trinajstić information content (AvgIpc) is 3.19. The van der Waals surface area contributed by atoms with E-state index in [9.17, 15) is 4.79 Å². The summed E-state index contributed by atoms with van der Waals surface area (Å²) in [7, 11) is 0. The monoisotopic (exact) mass is 371 g/mol. The Balaban J connectivity index is 1.94. The number of nitrogens with zero attached hydrogens (tertiary/aromatic N) is 2. The van der Waals surface area contributed by atoms with Crippen LogP contribution >= 0.6 is 11.3 Å². The highest BCUT2D eigenvalue weighted by Gasteiger charge is 2.21. The molecule has 2 rings (SSSR count). The third-order valence-electron chi connectivity index (χ3n) is 4.32. The molecule has 0 aliphatic rings. The number of carbonyl (C=O) groups is 1. The summed E-state index contributed by atoms with van der Waals surface area (Å²) in [5.41, 5.74) is 1.78. The van der Waals surface area contributed by atoms with E-state index in [1.807, 2.05) is 0 Å². The molecule has 0 aliphatic heterocycles. The van der Waals surface area contributed by atoms with E-state index < -0.39 is 6.10 Å². The van der Waals surface area contributed by atoms with E-state index in [0.29, 0.717) is 17.9 Å². The molecular weight excluding hydrogens is 346 g/mol. The van der Waals surface area contributed by atoms with Crippen molar-refractivity contribution in [2.75, 3.05) is 19.6 Å². The molecule has 0 fully saturated rings. The van der Waals surface area contributed by atoms with Crippen LogP contribution in [0.5, 0.6) is 5.75 Å². The van der Waals surface area contributed by atoms with Crippen LogP contribution in [0.1, 0.15) is 37.9 Å². The number of ether oxygens (including phenoxy) is 1. The fourth-order valence-electron chi connectivity index (χ4n) is 2.79. The molecule has 1 aromatic heterocycles. The van der Waals surface area contributed by atoms with Crippen molar-refractivity contribution in [2.45, 2.75) is 32.9 Å². The van der Waals surface area contributed by atoms with Crippen LogP contribution in [0, 0.1) is 11.3 Å². The summed E-state index contributed by atoms with van der Waals surface area (Å²) in [4.78, 5) is 14.8. The Bertz CT molecular complexity index is 719. The quantitative estimate of drug-likeness (QED) is 0.732. The van der Waals surface area contributed by atoms with Crippen molar-refractivity contribution in [3.05, 3.63) is 52.2 Å². The van der Waals surface area contributed by atoms with Crippen molar-refractivity contribution in [2.24, 2.45) is 0 Å². The predicted octanol–water partition coefficient (Wildman–Crippen LogP) is 3.59. The SMILES string of the molecule is CCN(CC)C(CNC(=O)C(C)Oc1ccc(C#N)cc1)c1ccsc1. The highest BCUT2D eigenvalue weighted by atomic mass is 32.1. The van der Waals surface area contributed by atoms with Gasteiger partial charge in [-0.2, -0.15) is 16.6 Å². The van der Waals surface area contributed by atoms with Gasteiger partial charge in [0.1, 0.15) is 5.75 Å². The van der Waals surface area contributed by atoms with Crippen molar-refractivity contribution in [1.82, 2.24) is 10.2 Å². The zero-order valence-corrected chi connectivity index (χ0v) is 16.3. The predicted molar refractivity (Wildman–Crippen MR) is 104 cm³/mol. The number of hydrogen-bond acceptors (Lipinski definition) is 5. The molecule has 1 heterocycles. The van der Waals surface area contributed by atoms with Crippen LogP contribution < -0.4 is 10.1 Å². The van der Waals surface area contributed by atoms with Crippen molar-refractivity contribution >= 4 is 17.2 Å². The number of benzene rings is 1. The first kappa shape index (κ1) is 20.0. The first-order valence-corrected chi connectivity index (χ1v) is 9.74. The van der Waals surface area contributed by atoms with Crippen molar-refractivity contribution in [3.8, 4) is 11.8 Å². The Morgan fingerprint density at radius 2 is 1.96 bits per heavy atom. The van der Waals surface area contributed by atoms with Crippen molar-refractivity contribution < 1.29 is 9.53 Å². The Morgan fingerprint density at radius 1 is 1.27 bits per heavy atom. The first-order chi connectivity index (χ1) is 12.6. The minimum atomic E-state index is -0.609. The summed E-state index contributed by atoms with van der Waals surface area (Å²) < 4.78 is 5.68.